The molecule has 1 heterocycles. The van der Waals surface area contributed by atoms with Gasteiger partial charge in [0, 0.05) is 6.07 Å². The van der Waals surface area contributed by atoms with E-state index in [1.807, 2.05) is 29.9 Å². The van der Waals surface area contributed by atoms with Crippen LogP contribution < -0.4 is 5.32 Å². The van der Waals surface area contributed by atoms with Crippen molar-refractivity contribution in [1.29, 1.82) is 5.26 Å². The Morgan fingerprint density at radius 2 is 2.00 bits per heavy atom. The van der Waals surface area contributed by atoms with Gasteiger partial charge in [-0.05, 0) is 6.07 Å². The largest absolute Gasteiger partial charge is 0.512 e. The van der Waals surface area contributed by atoms with Crippen molar-refractivity contribution in [2.75, 3.05) is 0 Å². The van der Waals surface area contributed by atoms with Crippen LogP contribution in [0.2, 0.25) is 0 Å². The third-order valence-electron chi connectivity index (χ3n) is 1.40. The van der Waals surface area contributed by atoms with Crippen molar-refractivity contribution in [2.24, 2.45) is 4.99 Å². The number of quaternary nitrogens is 1. The van der Waals surface area contributed by atoms with E-state index in [1.54, 1.807) is 0 Å². The van der Waals surface area contributed by atoms with Crippen LogP contribution in [0.5, 0.6) is 0 Å². The van der Waals surface area contributed by atoms with Crippen LogP contribution >= 0.6 is 0 Å². The maximum Gasteiger partial charge on any atom is 0.192 e. The van der Waals surface area contributed by atoms with Gasteiger partial charge in [-0.3, -0.25) is 5.32 Å². The minimum absolute atomic E-state index is 1.08. The lowest BCUT2D eigenvalue weighted by molar-refractivity contribution is -0.427. The summed E-state index contributed by atoms with van der Waals surface area (Å²) in [5, 5.41) is 8.26. The van der Waals surface area contributed by atoms with Crippen molar-refractivity contribution in [1.82, 2.24) is 0 Å². The molecule has 0 atom stereocenters. The molecular formula is C8H7N3. The molecule has 1 aliphatic heterocycles. The van der Waals surface area contributed by atoms with Crippen molar-refractivity contribution in [3.8, 4) is 0 Å². The Morgan fingerprint density at radius 1 is 1.27 bits per heavy atom. The van der Waals surface area contributed by atoms with Crippen LogP contribution in [-0.2, 0) is 0 Å². The number of para-hydroxylation sites is 2. The van der Waals surface area contributed by atoms with Crippen LogP contribution in [-0.4, -0.2) is 6.34 Å². The molecule has 0 saturated heterocycles. The van der Waals surface area contributed by atoms with Crippen molar-refractivity contribution in [3.05, 3.63) is 30.8 Å². The SMILES string of the molecule is C1=Nc2ccccc2[NH2+]1.[C-]#N. The summed E-state index contributed by atoms with van der Waals surface area (Å²) in [7, 11) is 0. The number of fused-ring (bicyclic) bond motifs is 1. The lowest BCUT2D eigenvalue weighted by Crippen LogP contribution is -2.74. The first kappa shape index (κ1) is 7.45. The summed E-state index contributed by atoms with van der Waals surface area (Å²) in [4.78, 5) is 4.12. The number of benzene rings is 1. The molecule has 11 heavy (non-hydrogen) atoms. The normalized spacial score (nSPS) is 11.5. The minimum atomic E-state index is 1.08. The van der Waals surface area contributed by atoms with Crippen molar-refractivity contribution < 1.29 is 5.32 Å². The molecule has 0 aliphatic carbocycles. The monoisotopic (exact) mass is 145 g/mol. The number of nitrogens with zero attached hydrogens (tertiary/aromatic N) is 2. The molecule has 0 saturated carbocycles. The zero-order valence-corrected chi connectivity index (χ0v) is 5.86. The third kappa shape index (κ3) is 1.42. The van der Waals surface area contributed by atoms with Gasteiger partial charge >= 0.3 is 0 Å². The first-order valence-corrected chi connectivity index (χ1v) is 3.15. The van der Waals surface area contributed by atoms with Gasteiger partial charge < -0.3 is 11.8 Å². The summed E-state index contributed by atoms with van der Waals surface area (Å²) in [6, 6.07) is 8.08. The van der Waals surface area contributed by atoms with E-state index >= 15 is 0 Å². The van der Waals surface area contributed by atoms with Gasteiger partial charge in [-0.2, -0.15) is 4.99 Å². The van der Waals surface area contributed by atoms with Gasteiger partial charge in [-0.15, -0.1) is 0 Å². The smallest absolute Gasteiger partial charge is 0.192 e. The summed E-state index contributed by atoms with van der Waals surface area (Å²) in [5.74, 6) is 0. The van der Waals surface area contributed by atoms with Gasteiger partial charge in [-0.1, -0.05) is 12.1 Å². The van der Waals surface area contributed by atoms with Gasteiger partial charge in [-0.25, -0.2) is 0 Å². The highest BCUT2D eigenvalue weighted by molar-refractivity contribution is 5.70. The van der Waals surface area contributed by atoms with E-state index in [0.717, 1.165) is 5.69 Å². The number of hydrogen-bond acceptors (Lipinski definition) is 2. The predicted octanol–water partition coefficient (Wildman–Crippen LogP) is 0.651. The van der Waals surface area contributed by atoms with Crippen LogP contribution in [0.25, 0.3) is 0 Å². The second-order valence-corrected chi connectivity index (χ2v) is 2.00. The first-order valence-electron chi connectivity index (χ1n) is 3.15. The number of aliphatic imine (C=N–C) groups is 1. The van der Waals surface area contributed by atoms with E-state index in [2.05, 4.69) is 11.1 Å². The molecule has 1 aromatic rings. The Kier molecular flexibility index (Phi) is 2.37. The maximum absolute atomic E-state index is 6.25. The quantitative estimate of drug-likeness (QED) is 0.423. The Morgan fingerprint density at radius 3 is 2.73 bits per heavy atom. The molecule has 1 aliphatic rings. The highest BCUT2D eigenvalue weighted by Crippen LogP contribution is 2.20. The van der Waals surface area contributed by atoms with Crippen LogP contribution in [0.15, 0.2) is 29.3 Å². The lowest BCUT2D eigenvalue weighted by Gasteiger charge is -1.87. The zero-order valence-electron chi connectivity index (χ0n) is 5.86. The van der Waals surface area contributed by atoms with Gasteiger partial charge in [0.1, 0.15) is 5.69 Å². The van der Waals surface area contributed by atoms with Crippen molar-refractivity contribution >= 4 is 17.7 Å². The van der Waals surface area contributed by atoms with Gasteiger partial charge in [0.15, 0.2) is 12.0 Å². The van der Waals surface area contributed by atoms with Crippen LogP contribution in [0, 0.1) is 11.8 Å². The van der Waals surface area contributed by atoms with E-state index in [0.29, 0.717) is 0 Å². The van der Waals surface area contributed by atoms with E-state index in [1.165, 1.54) is 5.69 Å². The van der Waals surface area contributed by atoms with E-state index < -0.39 is 0 Å². The minimum Gasteiger partial charge on any atom is -0.512 e. The highest BCUT2D eigenvalue weighted by atomic mass is 15.0. The second-order valence-electron chi connectivity index (χ2n) is 2.00. The Labute approximate surface area is 65.0 Å². The van der Waals surface area contributed by atoms with E-state index in [4.69, 9.17) is 11.8 Å². The summed E-state index contributed by atoms with van der Waals surface area (Å²) in [6.07, 6.45) is 1.82. The molecule has 3 heteroatoms. The number of nitrogens with two attached hydrogens (primary N) is 1. The third-order valence-corrected chi connectivity index (χ3v) is 1.40. The highest BCUT2D eigenvalue weighted by Gasteiger charge is 2.06. The van der Waals surface area contributed by atoms with E-state index in [9.17, 15) is 0 Å². The molecule has 0 bridgehead atoms. The molecule has 54 valence electrons. The molecule has 0 fully saturated rings. The Balaban J connectivity index is 0.000000281. The molecule has 2 N–H and O–H groups in total. The molecule has 0 spiro atoms. The predicted molar refractivity (Wildman–Crippen MR) is 41.1 cm³/mol. The van der Waals surface area contributed by atoms with Crippen LogP contribution in [0.3, 0.4) is 0 Å². The zero-order chi connectivity index (χ0) is 8.10. The molecule has 0 unspecified atom stereocenters. The van der Waals surface area contributed by atoms with Crippen LogP contribution in [0.4, 0.5) is 11.4 Å². The summed E-state index contributed by atoms with van der Waals surface area (Å²) in [5.41, 5.74) is 2.30. The van der Waals surface area contributed by atoms with E-state index in [-0.39, 0.29) is 0 Å². The number of hydrogen-bond donors (Lipinski definition) is 1. The average Bonchev–Trinajstić information content (AvgIpc) is 2.55. The van der Waals surface area contributed by atoms with Gasteiger partial charge in [0.25, 0.3) is 0 Å². The second kappa shape index (κ2) is 3.49. The molecular weight excluding hydrogens is 138 g/mol. The standard InChI is InChI=1S/C7H6N2.CN/c1-2-4-7-6(3-1)8-5-9-7;1-2/h1-5H,(H,8,9);/q;-1/p+1. The maximum atomic E-state index is 6.25. The topological polar surface area (TPSA) is 52.8 Å². The Hall–Kier alpha value is -1.66. The van der Waals surface area contributed by atoms with Gasteiger partial charge in [0.2, 0.25) is 0 Å². The Bertz CT molecular complexity index is 288. The van der Waals surface area contributed by atoms with Crippen molar-refractivity contribution in [2.45, 2.75) is 0 Å². The molecule has 0 radical (unpaired) electrons. The van der Waals surface area contributed by atoms with Gasteiger partial charge in [0.05, 0.1) is 0 Å². The molecule has 0 aromatic heterocycles. The lowest BCUT2D eigenvalue weighted by atomic mass is 10.3. The summed E-state index contributed by atoms with van der Waals surface area (Å²) in [6.45, 7) is 4.75. The molecule has 1 aromatic carbocycles. The number of rotatable bonds is 0. The summed E-state index contributed by atoms with van der Waals surface area (Å²) < 4.78 is 0. The fourth-order valence-electron chi connectivity index (χ4n) is 0.944. The molecule has 3 nitrogen and oxygen atoms in total. The van der Waals surface area contributed by atoms with Crippen LogP contribution in [0.1, 0.15) is 0 Å². The molecule has 2 rings (SSSR count). The fraction of sp³-hybridized carbons (Fsp3) is 0. The fourth-order valence-corrected chi connectivity index (χ4v) is 0.944. The first-order chi connectivity index (χ1) is 5.47. The van der Waals surface area contributed by atoms with Crippen molar-refractivity contribution in [3.63, 3.8) is 0 Å². The molecule has 0 amide bonds. The average molecular weight is 145 g/mol. The summed E-state index contributed by atoms with van der Waals surface area (Å²) >= 11 is 0.